The Hall–Kier alpha value is -2.85. The van der Waals surface area contributed by atoms with Crippen molar-refractivity contribution in [1.29, 1.82) is 0 Å². The van der Waals surface area contributed by atoms with Crippen molar-refractivity contribution in [2.45, 2.75) is 114 Å². The van der Waals surface area contributed by atoms with E-state index < -0.39 is 0 Å². The monoisotopic (exact) mass is 856 g/mol. The van der Waals surface area contributed by atoms with Gasteiger partial charge in [-0.05, 0) is 72.4 Å². The third-order valence-corrected chi connectivity index (χ3v) is 10.8. The van der Waals surface area contributed by atoms with Crippen LogP contribution in [-0.4, -0.2) is 15.9 Å². The molecule has 0 spiro atoms. The van der Waals surface area contributed by atoms with Gasteiger partial charge in [0.05, 0.1) is 7.13 Å². The molecule has 0 saturated carbocycles. The van der Waals surface area contributed by atoms with E-state index in [4.69, 9.17) is 6.35 Å². The SMILES string of the molecule is CCC(CC)C(=O)/C=C(\O)C(CC)CC.[2H]c1cc2c(sc3c(C)c(CC(C)(C)C)ccc32)c(-c2[c-]c3ccccc3c(C(C)(C)C)c2)n1.[Ir]. The number of carbonyl (C=O) groups is 1. The van der Waals surface area contributed by atoms with Gasteiger partial charge in [0.1, 0.15) is 0 Å². The van der Waals surface area contributed by atoms with Crippen LogP contribution in [0.3, 0.4) is 0 Å². The van der Waals surface area contributed by atoms with Gasteiger partial charge in [-0.1, -0.05) is 111 Å². The fraction of sp³-hybridized carbons (Fsp3) is 0.455. The Bertz CT molecular complexity index is 1970. The van der Waals surface area contributed by atoms with E-state index in [1.807, 2.05) is 45.1 Å². The predicted octanol–water partition coefficient (Wildman–Crippen LogP) is 13.1. The third-order valence-electron chi connectivity index (χ3n) is 9.50. The number of rotatable bonds is 9. The first kappa shape index (κ1) is 38.9. The molecule has 0 unspecified atom stereocenters. The van der Waals surface area contributed by atoms with Crippen LogP contribution in [0.2, 0.25) is 0 Å². The van der Waals surface area contributed by atoms with Gasteiger partial charge in [0.25, 0.3) is 0 Å². The number of thiophene rings is 1. The molecule has 0 amide bonds. The molecule has 265 valence electrons. The van der Waals surface area contributed by atoms with E-state index in [2.05, 4.69) is 97.0 Å². The molecule has 3 aromatic carbocycles. The van der Waals surface area contributed by atoms with Crippen molar-refractivity contribution < 1.29 is 31.4 Å². The van der Waals surface area contributed by atoms with Crippen LogP contribution in [0.5, 0.6) is 0 Å². The molecule has 2 aromatic heterocycles. The Morgan fingerprint density at radius 3 is 2.10 bits per heavy atom. The number of aliphatic hydroxyl groups is 1. The van der Waals surface area contributed by atoms with Gasteiger partial charge >= 0.3 is 0 Å². The molecule has 0 aliphatic heterocycles. The van der Waals surface area contributed by atoms with Crippen LogP contribution in [-0.2, 0) is 36.7 Å². The molecule has 0 fully saturated rings. The van der Waals surface area contributed by atoms with Crippen LogP contribution in [0, 0.1) is 30.2 Å². The van der Waals surface area contributed by atoms with Gasteiger partial charge in [0, 0.05) is 64.7 Å². The van der Waals surface area contributed by atoms with Crippen LogP contribution in [0.1, 0.15) is 113 Å². The molecule has 0 saturated heterocycles. The second-order valence-electron chi connectivity index (χ2n) is 15.4. The maximum atomic E-state index is 11.7. The Kier molecular flexibility index (Phi) is 13.4. The first-order valence-electron chi connectivity index (χ1n) is 18.2. The summed E-state index contributed by atoms with van der Waals surface area (Å²) in [5.74, 6) is 0.547. The van der Waals surface area contributed by atoms with Crippen LogP contribution in [0.25, 0.3) is 42.2 Å². The molecule has 3 nitrogen and oxygen atoms in total. The molecule has 1 N–H and O–H groups in total. The van der Waals surface area contributed by atoms with E-state index in [1.54, 1.807) is 0 Å². The average Bonchev–Trinajstić information content (AvgIpc) is 3.41. The summed E-state index contributed by atoms with van der Waals surface area (Å²) in [5.41, 5.74) is 6.10. The fourth-order valence-electron chi connectivity index (χ4n) is 6.59. The van der Waals surface area contributed by atoms with Crippen molar-refractivity contribution in [3.63, 3.8) is 0 Å². The second-order valence-corrected chi connectivity index (χ2v) is 16.5. The normalized spacial score (nSPS) is 12.8. The summed E-state index contributed by atoms with van der Waals surface area (Å²) >= 11 is 1.81. The number of pyridine rings is 1. The number of aryl methyl sites for hydroxylation is 1. The van der Waals surface area contributed by atoms with Crippen LogP contribution in [0.15, 0.2) is 66.5 Å². The minimum atomic E-state index is -0.0141. The Labute approximate surface area is 314 Å². The van der Waals surface area contributed by atoms with E-state index in [0.29, 0.717) is 6.17 Å². The summed E-state index contributed by atoms with van der Waals surface area (Å²) in [7, 11) is 0. The van der Waals surface area contributed by atoms with E-state index in [-0.39, 0.29) is 54.3 Å². The number of hydrogen-bond donors (Lipinski definition) is 1. The van der Waals surface area contributed by atoms with Crippen LogP contribution >= 0.6 is 11.3 Å². The molecule has 0 bridgehead atoms. The predicted molar refractivity (Wildman–Crippen MR) is 209 cm³/mol. The van der Waals surface area contributed by atoms with E-state index in [1.165, 1.54) is 38.2 Å². The topological polar surface area (TPSA) is 50.2 Å². The first-order chi connectivity index (χ1) is 23.0. The minimum absolute atomic E-state index is 0. The Morgan fingerprint density at radius 1 is 0.898 bits per heavy atom. The summed E-state index contributed by atoms with van der Waals surface area (Å²) in [5, 5.41) is 14.4. The maximum Gasteiger partial charge on any atom is 0.162 e. The zero-order chi connectivity index (χ0) is 36.3. The summed E-state index contributed by atoms with van der Waals surface area (Å²) in [6, 6.07) is 20.8. The quantitative estimate of drug-likeness (QED) is 0.0913. The maximum absolute atomic E-state index is 11.7. The molecule has 5 aromatic rings. The summed E-state index contributed by atoms with van der Waals surface area (Å²) in [6.45, 7) is 23.9. The number of allylic oxidation sites excluding steroid dienone is 2. The summed E-state index contributed by atoms with van der Waals surface area (Å²) in [6.07, 6.45) is 6.26. The molecular formula is C44H56IrNO2S-. The van der Waals surface area contributed by atoms with Crippen molar-refractivity contribution >= 4 is 48.1 Å². The van der Waals surface area contributed by atoms with E-state index in [0.717, 1.165) is 58.8 Å². The molecule has 0 atom stereocenters. The van der Waals surface area contributed by atoms with Crippen molar-refractivity contribution in [1.82, 2.24) is 4.98 Å². The number of nitrogens with zero attached hydrogens (tertiary/aromatic N) is 1. The number of hydrogen-bond acceptors (Lipinski definition) is 4. The van der Waals surface area contributed by atoms with Gasteiger partial charge in [-0.15, -0.1) is 40.5 Å². The standard InChI is InChI=1S/C31H32NS.C13H24O2.Ir/c1-19-21(18-30(2,3)4)12-13-24-25-14-15-32-27(29(25)33-28(19)24)22-16-20-10-8-9-11-23(20)26(17-22)31(5,6)7;1-5-10(6-2)12(14)9-13(15)11(7-3)8-4;/h8-15,17H,18H2,1-7H3;9-11,14H,5-8H2,1-4H3;/q-1;;/b;12-9-;/i15D;;. The molecule has 49 heavy (non-hydrogen) atoms. The zero-order valence-corrected chi connectivity index (χ0v) is 34.6. The van der Waals surface area contributed by atoms with Crippen molar-refractivity contribution in [2.24, 2.45) is 17.3 Å². The molecule has 1 radical (unpaired) electrons. The number of aromatic nitrogens is 1. The number of carbonyl (C=O) groups excluding carboxylic acids is 1. The molecule has 2 heterocycles. The van der Waals surface area contributed by atoms with Gasteiger partial charge in [-0.25, -0.2) is 0 Å². The van der Waals surface area contributed by atoms with E-state index in [9.17, 15) is 9.90 Å². The molecule has 0 aliphatic rings. The van der Waals surface area contributed by atoms with Crippen LogP contribution < -0.4 is 0 Å². The molecule has 5 heteroatoms. The fourth-order valence-corrected chi connectivity index (χ4v) is 7.90. The average molecular weight is 856 g/mol. The zero-order valence-electron chi connectivity index (χ0n) is 32.4. The summed E-state index contributed by atoms with van der Waals surface area (Å²) in [4.78, 5) is 16.5. The second kappa shape index (κ2) is 16.9. The molecule has 5 rings (SSSR count). The Morgan fingerprint density at radius 2 is 1.51 bits per heavy atom. The van der Waals surface area contributed by atoms with E-state index >= 15 is 0 Å². The number of ketones is 1. The first-order valence-corrected chi connectivity index (χ1v) is 18.6. The van der Waals surface area contributed by atoms with Crippen molar-refractivity contribution in [3.8, 4) is 11.3 Å². The number of fused-ring (bicyclic) bond motifs is 4. The Balaban J connectivity index is 0.000000361. The third kappa shape index (κ3) is 9.48. The van der Waals surface area contributed by atoms with Gasteiger partial charge in [-0.2, -0.15) is 0 Å². The molecule has 0 aliphatic carbocycles. The number of aliphatic hydroxyl groups excluding tert-OH is 1. The summed E-state index contributed by atoms with van der Waals surface area (Å²) < 4.78 is 11.0. The van der Waals surface area contributed by atoms with Crippen LogP contribution in [0.4, 0.5) is 0 Å². The van der Waals surface area contributed by atoms with Crippen molar-refractivity contribution in [3.05, 3.63) is 89.3 Å². The minimum Gasteiger partial charge on any atom is -0.512 e. The van der Waals surface area contributed by atoms with Gasteiger partial charge in [0.2, 0.25) is 0 Å². The molecular weight excluding hydrogens is 799 g/mol. The number of benzene rings is 3. The van der Waals surface area contributed by atoms with Gasteiger partial charge < -0.3 is 5.11 Å². The largest absolute Gasteiger partial charge is 0.512 e. The van der Waals surface area contributed by atoms with Crippen molar-refractivity contribution in [2.75, 3.05) is 0 Å². The van der Waals surface area contributed by atoms with Gasteiger partial charge in [0.15, 0.2) is 5.78 Å². The smallest absolute Gasteiger partial charge is 0.162 e. The van der Waals surface area contributed by atoms with Gasteiger partial charge in [-0.3, -0.25) is 9.78 Å².